The number of allylic oxidation sites excluding steroid dienone is 1. The summed E-state index contributed by atoms with van der Waals surface area (Å²) in [5.41, 5.74) is 0.923. The van der Waals surface area contributed by atoms with Crippen LogP contribution in [0, 0.1) is 17.8 Å². The summed E-state index contributed by atoms with van der Waals surface area (Å²) in [6.07, 6.45) is 4.69. The summed E-state index contributed by atoms with van der Waals surface area (Å²) >= 11 is 0. The molecule has 0 aromatic heterocycles. The molecule has 0 aromatic carbocycles. The van der Waals surface area contributed by atoms with Gasteiger partial charge in [0, 0.05) is 6.42 Å². The molecule has 1 nitrogen and oxygen atoms in total. The van der Waals surface area contributed by atoms with Crippen molar-refractivity contribution in [1.29, 1.82) is 0 Å². The van der Waals surface area contributed by atoms with Crippen molar-refractivity contribution in [2.75, 3.05) is 0 Å². The van der Waals surface area contributed by atoms with E-state index >= 15 is 0 Å². The average Bonchev–Trinajstić information content (AvgIpc) is 2.56. The van der Waals surface area contributed by atoms with Crippen LogP contribution in [0.1, 0.15) is 32.6 Å². The van der Waals surface area contributed by atoms with Gasteiger partial charge in [0.25, 0.3) is 0 Å². The lowest BCUT2D eigenvalue weighted by atomic mass is 10.0. The highest BCUT2D eigenvalue weighted by Gasteiger charge is 2.54. The van der Waals surface area contributed by atoms with E-state index in [9.17, 15) is 4.79 Å². The van der Waals surface area contributed by atoms with E-state index in [1.165, 1.54) is 19.3 Å². The van der Waals surface area contributed by atoms with Crippen molar-refractivity contribution in [2.45, 2.75) is 32.6 Å². The van der Waals surface area contributed by atoms with Gasteiger partial charge < -0.3 is 0 Å². The molecule has 66 valence electrons. The molecule has 2 fully saturated rings. The molecular weight excluding hydrogens is 148 g/mol. The molecule has 0 aromatic rings. The molecule has 2 aliphatic rings. The minimum absolute atomic E-state index is 0.286. The summed E-state index contributed by atoms with van der Waals surface area (Å²) in [4.78, 5) is 11.3. The molecule has 2 saturated carbocycles. The molecule has 1 heteroatoms. The van der Waals surface area contributed by atoms with Crippen LogP contribution in [-0.2, 0) is 4.79 Å². The van der Waals surface area contributed by atoms with E-state index in [-0.39, 0.29) is 5.78 Å². The van der Waals surface area contributed by atoms with Crippen LogP contribution in [0.15, 0.2) is 12.2 Å². The SMILES string of the molecule is C=C(C(=O)CC)C1C2CCCC21. The van der Waals surface area contributed by atoms with Gasteiger partial charge >= 0.3 is 0 Å². The Hall–Kier alpha value is -0.590. The van der Waals surface area contributed by atoms with Gasteiger partial charge in [-0.15, -0.1) is 0 Å². The first kappa shape index (κ1) is 8.03. The highest BCUT2D eigenvalue weighted by molar-refractivity contribution is 5.95. The fourth-order valence-corrected chi connectivity index (χ4v) is 2.75. The number of carbonyl (C=O) groups is 1. The lowest BCUT2D eigenvalue weighted by Gasteiger charge is -2.04. The second-order valence-electron chi connectivity index (χ2n) is 4.09. The van der Waals surface area contributed by atoms with Crippen molar-refractivity contribution < 1.29 is 4.79 Å². The molecule has 2 atom stereocenters. The highest BCUT2D eigenvalue weighted by atomic mass is 16.1. The Balaban J connectivity index is 1.96. The smallest absolute Gasteiger partial charge is 0.158 e. The number of carbonyl (C=O) groups excluding carboxylic acids is 1. The Morgan fingerprint density at radius 1 is 1.42 bits per heavy atom. The van der Waals surface area contributed by atoms with Gasteiger partial charge in [-0.25, -0.2) is 0 Å². The van der Waals surface area contributed by atoms with Crippen molar-refractivity contribution in [2.24, 2.45) is 17.8 Å². The van der Waals surface area contributed by atoms with Crippen LogP contribution in [-0.4, -0.2) is 5.78 Å². The summed E-state index contributed by atoms with van der Waals surface area (Å²) in [6.45, 7) is 5.84. The van der Waals surface area contributed by atoms with Crippen molar-refractivity contribution in [1.82, 2.24) is 0 Å². The number of ketones is 1. The zero-order chi connectivity index (χ0) is 8.72. The second-order valence-corrected chi connectivity index (χ2v) is 4.09. The molecule has 0 heterocycles. The maximum absolute atomic E-state index is 11.3. The van der Waals surface area contributed by atoms with Crippen LogP contribution in [0.25, 0.3) is 0 Å². The van der Waals surface area contributed by atoms with Crippen LogP contribution < -0.4 is 0 Å². The summed E-state index contributed by atoms with van der Waals surface area (Å²) < 4.78 is 0. The van der Waals surface area contributed by atoms with Crippen LogP contribution in [0.3, 0.4) is 0 Å². The van der Waals surface area contributed by atoms with E-state index in [2.05, 4.69) is 6.58 Å². The quantitative estimate of drug-likeness (QED) is 0.586. The molecule has 0 bridgehead atoms. The molecule has 0 saturated heterocycles. The van der Waals surface area contributed by atoms with Gasteiger partial charge in [-0.05, 0) is 36.2 Å². The number of fused-ring (bicyclic) bond motifs is 1. The lowest BCUT2D eigenvalue weighted by Crippen LogP contribution is -2.04. The standard InChI is InChI=1S/C11H16O/c1-3-10(12)7(2)11-8-5-4-6-9(8)11/h8-9,11H,2-6H2,1H3. The first-order chi connectivity index (χ1) is 5.75. The molecule has 0 spiro atoms. The minimum atomic E-state index is 0.286. The summed E-state index contributed by atoms with van der Waals surface area (Å²) in [5.74, 6) is 2.56. The predicted molar refractivity (Wildman–Crippen MR) is 48.8 cm³/mol. The monoisotopic (exact) mass is 164 g/mol. The Morgan fingerprint density at radius 3 is 2.50 bits per heavy atom. The van der Waals surface area contributed by atoms with Crippen molar-refractivity contribution >= 4 is 5.78 Å². The number of hydrogen-bond donors (Lipinski definition) is 0. The maximum Gasteiger partial charge on any atom is 0.158 e. The molecule has 2 rings (SSSR count). The fourth-order valence-electron chi connectivity index (χ4n) is 2.75. The van der Waals surface area contributed by atoms with Crippen LogP contribution in [0.5, 0.6) is 0 Å². The van der Waals surface area contributed by atoms with Gasteiger partial charge in [-0.1, -0.05) is 19.9 Å². The van der Waals surface area contributed by atoms with Crippen LogP contribution in [0.4, 0.5) is 0 Å². The number of hydrogen-bond acceptors (Lipinski definition) is 1. The fraction of sp³-hybridized carbons (Fsp3) is 0.727. The lowest BCUT2D eigenvalue weighted by molar-refractivity contribution is -0.115. The Labute approximate surface area is 73.8 Å². The first-order valence-electron chi connectivity index (χ1n) is 4.97. The Bertz CT molecular complexity index is 219. The molecule has 0 N–H and O–H groups in total. The molecule has 0 amide bonds. The van der Waals surface area contributed by atoms with E-state index in [0.717, 1.165) is 17.4 Å². The molecule has 2 unspecified atom stereocenters. The predicted octanol–water partition coefficient (Wildman–Crippen LogP) is 2.57. The van der Waals surface area contributed by atoms with E-state index < -0.39 is 0 Å². The third-order valence-corrected chi connectivity index (χ3v) is 3.49. The van der Waals surface area contributed by atoms with Gasteiger partial charge in [0.05, 0.1) is 0 Å². The number of rotatable bonds is 3. The zero-order valence-corrected chi connectivity index (χ0v) is 7.68. The van der Waals surface area contributed by atoms with Gasteiger partial charge in [0.1, 0.15) is 0 Å². The third-order valence-electron chi connectivity index (χ3n) is 3.49. The van der Waals surface area contributed by atoms with E-state index in [1.54, 1.807) is 0 Å². The zero-order valence-electron chi connectivity index (χ0n) is 7.68. The topological polar surface area (TPSA) is 17.1 Å². The molecule has 0 aliphatic heterocycles. The minimum Gasteiger partial charge on any atom is -0.295 e. The molecule has 0 radical (unpaired) electrons. The van der Waals surface area contributed by atoms with Gasteiger partial charge in [0.15, 0.2) is 5.78 Å². The number of Topliss-reactive ketones (excluding diaryl/α,β-unsaturated/α-hetero) is 1. The van der Waals surface area contributed by atoms with E-state index in [4.69, 9.17) is 0 Å². The summed E-state index contributed by atoms with van der Waals surface area (Å²) in [6, 6.07) is 0. The first-order valence-corrected chi connectivity index (χ1v) is 4.97. The Kier molecular flexibility index (Phi) is 1.82. The maximum atomic E-state index is 11.3. The van der Waals surface area contributed by atoms with Crippen molar-refractivity contribution in [3.05, 3.63) is 12.2 Å². The average molecular weight is 164 g/mol. The molecule has 12 heavy (non-hydrogen) atoms. The second kappa shape index (κ2) is 2.72. The summed E-state index contributed by atoms with van der Waals surface area (Å²) in [5, 5.41) is 0. The van der Waals surface area contributed by atoms with Crippen LogP contribution in [0.2, 0.25) is 0 Å². The molecular formula is C11H16O. The van der Waals surface area contributed by atoms with Gasteiger partial charge in [0.2, 0.25) is 0 Å². The normalized spacial score (nSPS) is 37.6. The summed E-state index contributed by atoms with van der Waals surface area (Å²) in [7, 11) is 0. The van der Waals surface area contributed by atoms with Gasteiger partial charge in [-0.3, -0.25) is 4.79 Å². The van der Waals surface area contributed by atoms with E-state index in [1.807, 2.05) is 6.92 Å². The molecule has 2 aliphatic carbocycles. The van der Waals surface area contributed by atoms with Gasteiger partial charge in [-0.2, -0.15) is 0 Å². The van der Waals surface area contributed by atoms with Crippen molar-refractivity contribution in [3.63, 3.8) is 0 Å². The third kappa shape index (κ3) is 1.03. The highest BCUT2D eigenvalue weighted by Crippen LogP contribution is 2.60. The van der Waals surface area contributed by atoms with Crippen molar-refractivity contribution in [3.8, 4) is 0 Å². The van der Waals surface area contributed by atoms with E-state index in [0.29, 0.717) is 12.3 Å². The Morgan fingerprint density at radius 2 is 2.00 bits per heavy atom. The van der Waals surface area contributed by atoms with Crippen LogP contribution >= 0.6 is 0 Å². The largest absolute Gasteiger partial charge is 0.295 e.